The molecule has 0 nitrogen and oxygen atoms in total. The molecular weight excluding hydrogens is 601 g/mol. The molecule has 0 spiro atoms. The first-order valence-electron chi connectivity index (χ1n) is 21.8. The predicted molar refractivity (Wildman–Crippen MR) is 230 cm³/mol. The Morgan fingerprint density at radius 3 is 0.400 bits per heavy atom. The summed E-state index contributed by atoms with van der Waals surface area (Å²) in [6, 6.07) is 0. The van der Waals surface area contributed by atoms with Gasteiger partial charge in [0.05, 0.1) is 0 Å². The van der Waals surface area contributed by atoms with E-state index in [1.54, 1.807) is 0 Å². The van der Waals surface area contributed by atoms with Crippen LogP contribution in [0.1, 0.15) is 256 Å². The Balaban J connectivity index is 0.000000335. The monoisotopic (exact) mass is 701 g/mol. The molecular formula is C50H100. The Labute approximate surface area is 320 Å². The van der Waals surface area contributed by atoms with E-state index in [1.807, 2.05) is 0 Å². The van der Waals surface area contributed by atoms with Gasteiger partial charge in [0.1, 0.15) is 0 Å². The standard InChI is InChI=1S/C14H28.C13H26.C12H24.C11H22/c1-12(2,3)14(13(4,5)6)10-8-7-9-11-14;1-11(2,3)13(12(4,5)6)9-7-8-10-13;1-10(2,3)12(8-7-9-12)11(4,5)6;1-9(2,3)11(7-8-11)10(4,5)6/h7-11H2,1-6H3;7-10H2,1-6H3;7-9H2,1-6H3;7-8H2,1-6H3. The Bertz CT molecular complexity index is 937. The van der Waals surface area contributed by atoms with Crippen LogP contribution >= 0.6 is 0 Å². The van der Waals surface area contributed by atoms with Gasteiger partial charge >= 0.3 is 0 Å². The highest BCUT2D eigenvalue weighted by Crippen LogP contribution is 2.68. The molecule has 0 aromatic carbocycles. The van der Waals surface area contributed by atoms with E-state index >= 15 is 0 Å². The topological polar surface area (TPSA) is 0 Å². The second-order valence-corrected chi connectivity index (χ2v) is 26.4. The smallest absolute Gasteiger partial charge is 0.0200 e. The van der Waals surface area contributed by atoms with Crippen LogP contribution < -0.4 is 0 Å². The molecule has 4 saturated carbocycles. The van der Waals surface area contributed by atoms with Crippen LogP contribution in [0.4, 0.5) is 0 Å². The molecule has 50 heavy (non-hydrogen) atoms. The molecule has 4 aliphatic rings. The van der Waals surface area contributed by atoms with Crippen LogP contribution in [0.3, 0.4) is 0 Å². The molecule has 0 N–H and O–H groups in total. The SMILES string of the molecule is CC(C)(C)C1(C(C)(C)C)CC1.CC(C)(C)C1(C(C)(C)C)CCC1.CC(C)(C)C1(C(C)(C)C)CCCC1.CC(C)(C)C1(C(C)(C)C)CCCCC1. The minimum atomic E-state index is 0.450. The molecule has 4 rings (SSSR count). The zero-order chi connectivity index (χ0) is 39.9. The van der Waals surface area contributed by atoms with Crippen molar-refractivity contribution in [3.05, 3.63) is 0 Å². The normalized spacial score (nSPS) is 23.5. The lowest BCUT2D eigenvalue weighted by atomic mass is 9.45. The van der Waals surface area contributed by atoms with Crippen LogP contribution in [0.25, 0.3) is 0 Å². The summed E-state index contributed by atoms with van der Waals surface area (Å²) in [6.07, 6.45) is 20.1. The summed E-state index contributed by atoms with van der Waals surface area (Å²) in [6.45, 7) is 57.8. The molecule has 4 fully saturated rings. The molecule has 0 bridgehead atoms. The Kier molecular flexibility index (Phi) is 14.7. The van der Waals surface area contributed by atoms with Crippen LogP contribution in [-0.4, -0.2) is 0 Å². The van der Waals surface area contributed by atoms with E-state index in [2.05, 4.69) is 166 Å². The molecule has 0 aliphatic heterocycles. The maximum Gasteiger partial charge on any atom is -0.0200 e. The van der Waals surface area contributed by atoms with E-state index in [0.717, 1.165) is 0 Å². The number of rotatable bonds is 0. The number of hydrogen-bond donors (Lipinski definition) is 0. The van der Waals surface area contributed by atoms with E-state index in [9.17, 15) is 0 Å². The second-order valence-electron chi connectivity index (χ2n) is 26.4. The van der Waals surface area contributed by atoms with Gasteiger partial charge < -0.3 is 0 Å². The summed E-state index contributed by atoms with van der Waals surface area (Å²) in [5.41, 5.74) is 6.10. The van der Waals surface area contributed by atoms with E-state index in [1.165, 1.54) is 89.9 Å². The predicted octanol–water partition coefficient (Wildman–Crippen LogP) is 17.8. The summed E-state index contributed by atoms with van der Waals surface area (Å²) in [5.74, 6) is 0. The maximum atomic E-state index is 2.43. The average molecular weight is 701 g/mol. The van der Waals surface area contributed by atoms with Crippen molar-refractivity contribution < 1.29 is 0 Å². The van der Waals surface area contributed by atoms with Crippen molar-refractivity contribution in [2.75, 3.05) is 0 Å². The fourth-order valence-electron chi connectivity index (χ4n) is 13.3. The van der Waals surface area contributed by atoms with E-state index in [-0.39, 0.29) is 0 Å². The van der Waals surface area contributed by atoms with Crippen LogP contribution in [0, 0.1) is 65.0 Å². The van der Waals surface area contributed by atoms with Crippen molar-refractivity contribution in [3.8, 4) is 0 Å². The molecule has 0 aromatic rings. The van der Waals surface area contributed by atoms with Gasteiger partial charge in [0.15, 0.2) is 0 Å². The molecule has 0 unspecified atom stereocenters. The second kappa shape index (κ2) is 15.3. The lowest BCUT2D eigenvalue weighted by Gasteiger charge is -2.60. The van der Waals surface area contributed by atoms with E-state index < -0.39 is 0 Å². The minimum absolute atomic E-state index is 0.450. The molecule has 0 amide bonds. The molecule has 0 radical (unpaired) electrons. The summed E-state index contributed by atoms with van der Waals surface area (Å²) >= 11 is 0. The summed E-state index contributed by atoms with van der Waals surface area (Å²) in [7, 11) is 0. The van der Waals surface area contributed by atoms with Gasteiger partial charge in [0.25, 0.3) is 0 Å². The van der Waals surface area contributed by atoms with Gasteiger partial charge in [-0.2, -0.15) is 0 Å². The molecule has 4 aliphatic carbocycles. The largest absolute Gasteiger partial charge is 0.0596 e. The lowest BCUT2D eigenvalue weighted by molar-refractivity contribution is -0.100. The van der Waals surface area contributed by atoms with Crippen LogP contribution in [-0.2, 0) is 0 Å². The van der Waals surface area contributed by atoms with Crippen LogP contribution in [0.15, 0.2) is 0 Å². The Morgan fingerprint density at radius 1 is 0.180 bits per heavy atom. The van der Waals surface area contributed by atoms with E-state index in [0.29, 0.717) is 65.0 Å². The zero-order valence-corrected chi connectivity index (χ0v) is 39.9. The minimum Gasteiger partial charge on any atom is -0.0596 e. The third kappa shape index (κ3) is 9.80. The highest BCUT2D eigenvalue weighted by Gasteiger charge is 2.59. The van der Waals surface area contributed by atoms with Gasteiger partial charge in [-0.1, -0.05) is 205 Å². The fraction of sp³-hybridized carbons (Fsp3) is 1.00. The highest BCUT2D eigenvalue weighted by atomic mass is 14.6. The van der Waals surface area contributed by atoms with Crippen molar-refractivity contribution in [3.63, 3.8) is 0 Å². The molecule has 0 atom stereocenters. The van der Waals surface area contributed by atoms with Gasteiger partial charge in [-0.3, -0.25) is 0 Å². The molecule has 0 saturated heterocycles. The van der Waals surface area contributed by atoms with Gasteiger partial charge in [-0.15, -0.1) is 0 Å². The molecule has 300 valence electrons. The zero-order valence-electron chi connectivity index (χ0n) is 39.9. The van der Waals surface area contributed by atoms with Crippen molar-refractivity contribution >= 4 is 0 Å². The Hall–Kier alpha value is 0. The first kappa shape index (κ1) is 48.0. The lowest BCUT2D eigenvalue weighted by Crippen LogP contribution is -2.51. The fourth-order valence-corrected chi connectivity index (χ4v) is 13.3. The summed E-state index contributed by atoms with van der Waals surface area (Å²) < 4.78 is 0. The van der Waals surface area contributed by atoms with Crippen molar-refractivity contribution in [2.45, 2.75) is 256 Å². The first-order chi connectivity index (χ1) is 21.8. The van der Waals surface area contributed by atoms with Crippen molar-refractivity contribution in [1.29, 1.82) is 0 Å². The summed E-state index contributed by atoms with van der Waals surface area (Å²) in [4.78, 5) is 0. The van der Waals surface area contributed by atoms with E-state index in [4.69, 9.17) is 0 Å². The number of hydrogen-bond acceptors (Lipinski definition) is 0. The van der Waals surface area contributed by atoms with Gasteiger partial charge in [-0.05, 0) is 116 Å². The third-order valence-corrected chi connectivity index (χ3v) is 16.6. The van der Waals surface area contributed by atoms with Gasteiger partial charge in [-0.25, -0.2) is 0 Å². The maximum absolute atomic E-state index is 2.43. The molecule has 0 heterocycles. The molecule has 0 aromatic heterocycles. The Morgan fingerprint density at radius 2 is 0.320 bits per heavy atom. The summed E-state index contributed by atoms with van der Waals surface area (Å²) in [5, 5.41) is 0. The quantitative estimate of drug-likeness (QED) is 0.236. The average Bonchev–Trinajstić information content (AvgIpc) is 3.51. The first-order valence-corrected chi connectivity index (χ1v) is 21.8. The van der Waals surface area contributed by atoms with Crippen LogP contribution in [0.2, 0.25) is 0 Å². The third-order valence-electron chi connectivity index (χ3n) is 16.6. The van der Waals surface area contributed by atoms with Gasteiger partial charge in [0.2, 0.25) is 0 Å². The van der Waals surface area contributed by atoms with Crippen molar-refractivity contribution in [1.82, 2.24) is 0 Å². The van der Waals surface area contributed by atoms with Crippen LogP contribution in [0.5, 0.6) is 0 Å². The van der Waals surface area contributed by atoms with Crippen molar-refractivity contribution in [2.24, 2.45) is 65.0 Å². The van der Waals surface area contributed by atoms with Gasteiger partial charge in [0, 0.05) is 0 Å². The molecule has 0 heteroatoms. The highest BCUT2D eigenvalue weighted by molar-refractivity contribution is 5.08.